The van der Waals surface area contributed by atoms with Crippen LogP contribution in [0.5, 0.6) is 0 Å². The first-order valence-electron chi connectivity index (χ1n) is 5.20. The monoisotopic (exact) mass is 207 g/mol. The van der Waals surface area contributed by atoms with Crippen molar-refractivity contribution in [3.63, 3.8) is 0 Å². The van der Waals surface area contributed by atoms with E-state index < -0.39 is 0 Å². The van der Waals surface area contributed by atoms with Crippen LogP contribution in [0.4, 0.5) is 11.4 Å². The number of nitrogens with zero attached hydrogens (tertiary/aromatic N) is 1. The number of rotatable bonds is 1. The lowest BCUT2D eigenvalue weighted by Gasteiger charge is -2.14. The zero-order valence-corrected chi connectivity index (χ0v) is 8.72. The Balaban J connectivity index is 2.02. The van der Waals surface area contributed by atoms with Gasteiger partial charge in [-0.25, -0.2) is 5.01 Å². The SMILES string of the molecule is [CH+]=C1c2ccccc2NN1c1ccccc1. The molecule has 0 saturated heterocycles. The number of nitrogens with one attached hydrogen (secondary N) is 1. The van der Waals surface area contributed by atoms with Crippen LogP contribution in [0.2, 0.25) is 0 Å². The molecule has 0 aromatic heterocycles. The summed E-state index contributed by atoms with van der Waals surface area (Å²) < 4.78 is 0. The standard InChI is InChI=1S/C14H11N2/c1-11-13-9-5-6-10-14(13)15-16(11)12-7-3-2-4-8-12/h1-10,15H/q+1. The molecule has 0 unspecified atom stereocenters. The van der Waals surface area contributed by atoms with E-state index in [0.717, 1.165) is 22.6 Å². The molecule has 1 aliphatic rings. The van der Waals surface area contributed by atoms with Crippen molar-refractivity contribution >= 4 is 17.1 Å². The number of para-hydroxylation sites is 2. The Morgan fingerprint density at radius 1 is 0.875 bits per heavy atom. The lowest BCUT2D eigenvalue weighted by atomic mass is 10.1. The highest BCUT2D eigenvalue weighted by Crippen LogP contribution is 2.35. The van der Waals surface area contributed by atoms with Crippen molar-refractivity contribution in [3.8, 4) is 0 Å². The van der Waals surface area contributed by atoms with Crippen LogP contribution in [-0.2, 0) is 0 Å². The van der Waals surface area contributed by atoms with Crippen LogP contribution in [-0.4, -0.2) is 0 Å². The molecule has 1 heterocycles. The molecule has 0 spiro atoms. The maximum absolute atomic E-state index is 6.10. The minimum atomic E-state index is 0.738. The van der Waals surface area contributed by atoms with E-state index in [9.17, 15) is 0 Å². The number of hydrazine groups is 1. The fourth-order valence-corrected chi connectivity index (χ4v) is 1.89. The number of hydrogen-bond donors (Lipinski definition) is 1. The van der Waals surface area contributed by atoms with Gasteiger partial charge in [0.2, 0.25) is 0 Å². The molecule has 2 aromatic rings. The van der Waals surface area contributed by atoms with E-state index in [-0.39, 0.29) is 0 Å². The van der Waals surface area contributed by atoms with Gasteiger partial charge in [0.05, 0.1) is 12.3 Å². The van der Waals surface area contributed by atoms with Gasteiger partial charge >= 0.3 is 0 Å². The molecule has 0 fully saturated rings. The molecule has 0 aliphatic carbocycles. The second kappa shape index (κ2) is 3.37. The minimum Gasteiger partial charge on any atom is -0.271 e. The molecule has 2 nitrogen and oxygen atoms in total. The van der Waals surface area contributed by atoms with Crippen LogP contribution >= 0.6 is 0 Å². The van der Waals surface area contributed by atoms with Crippen molar-refractivity contribution in [2.75, 3.05) is 10.4 Å². The van der Waals surface area contributed by atoms with Crippen molar-refractivity contribution < 1.29 is 0 Å². The maximum atomic E-state index is 6.10. The third-order valence-electron chi connectivity index (χ3n) is 2.69. The van der Waals surface area contributed by atoms with Gasteiger partial charge in [0, 0.05) is 6.07 Å². The average Bonchev–Trinajstić information content (AvgIpc) is 2.69. The molecular weight excluding hydrogens is 196 g/mol. The van der Waals surface area contributed by atoms with Gasteiger partial charge in [-0.15, -0.1) is 0 Å². The summed E-state index contributed by atoms with van der Waals surface area (Å²) in [7, 11) is 0. The van der Waals surface area contributed by atoms with Crippen LogP contribution in [0.15, 0.2) is 54.6 Å². The van der Waals surface area contributed by atoms with Gasteiger partial charge in [-0.3, -0.25) is 5.43 Å². The van der Waals surface area contributed by atoms with E-state index in [1.807, 2.05) is 59.6 Å². The molecule has 2 heteroatoms. The highest BCUT2D eigenvalue weighted by Gasteiger charge is 2.31. The molecule has 16 heavy (non-hydrogen) atoms. The summed E-state index contributed by atoms with van der Waals surface area (Å²) >= 11 is 0. The van der Waals surface area contributed by atoms with Gasteiger partial charge in [-0.1, -0.05) is 24.3 Å². The molecular formula is C14H11N2+. The third-order valence-corrected chi connectivity index (χ3v) is 2.69. The molecule has 2 aromatic carbocycles. The Hall–Kier alpha value is -2.31. The van der Waals surface area contributed by atoms with Crippen molar-refractivity contribution in [1.82, 2.24) is 0 Å². The van der Waals surface area contributed by atoms with Crippen LogP contribution in [0.3, 0.4) is 0 Å². The predicted octanol–water partition coefficient (Wildman–Crippen LogP) is 3.31. The Morgan fingerprint density at radius 3 is 2.31 bits per heavy atom. The average molecular weight is 207 g/mol. The van der Waals surface area contributed by atoms with E-state index >= 15 is 0 Å². The topological polar surface area (TPSA) is 15.3 Å². The second-order valence-corrected chi connectivity index (χ2v) is 3.71. The Morgan fingerprint density at radius 2 is 1.56 bits per heavy atom. The molecule has 1 aliphatic heterocycles. The number of fused-ring (bicyclic) bond motifs is 1. The molecule has 76 valence electrons. The van der Waals surface area contributed by atoms with Crippen LogP contribution in [0.1, 0.15) is 5.56 Å². The third kappa shape index (κ3) is 1.25. The quantitative estimate of drug-likeness (QED) is 0.722. The molecule has 3 rings (SSSR count). The summed E-state index contributed by atoms with van der Waals surface area (Å²) in [6.07, 6.45) is 0. The van der Waals surface area contributed by atoms with Crippen molar-refractivity contribution in [3.05, 3.63) is 66.7 Å². The van der Waals surface area contributed by atoms with Gasteiger partial charge in [-0.05, 0) is 24.3 Å². The fourth-order valence-electron chi connectivity index (χ4n) is 1.89. The minimum absolute atomic E-state index is 0.738. The lowest BCUT2D eigenvalue weighted by Crippen LogP contribution is -2.20. The first-order chi connectivity index (χ1) is 7.86. The fraction of sp³-hybridized carbons (Fsp3) is 0. The van der Waals surface area contributed by atoms with Gasteiger partial charge in [0.15, 0.2) is 5.56 Å². The van der Waals surface area contributed by atoms with E-state index in [2.05, 4.69) is 5.43 Å². The molecule has 1 N–H and O–H groups in total. The highest BCUT2D eigenvalue weighted by molar-refractivity contribution is 5.91. The van der Waals surface area contributed by atoms with Crippen molar-refractivity contribution in [1.29, 1.82) is 0 Å². The second-order valence-electron chi connectivity index (χ2n) is 3.71. The first-order valence-corrected chi connectivity index (χ1v) is 5.20. The number of hydrogen-bond acceptors (Lipinski definition) is 2. The largest absolute Gasteiger partial charge is 0.289 e. The summed E-state index contributed by atoms with van der Waals surface area (Å²) in [4.78, 5) is 0. The lowest BCUT2D eigenvalue weighted by molar-refractivity contribution is 1.23. The van der Waals surface area contributed by atoms with Crippen molar-refractivity contribution in [2.45, 2.75) is 0 Å². The van der Waals surface area contributed by atoms with Gasteiger partial charge < -0.3 is 0 Å². The molecule has 0 amide bonds. The van der Waals surface area contributed by atoms with E-state index in [4.69, 9.17) is 6.58 Å². The van der Waals surface area contributed by atoms with Gasteiger partial charge in [0.1, 0.15) is 5.69 Å². The van der Waals surface area contributed by atoms with Gasteiger partial charge in [0.25, 0.3) is 5.70 Å². The summed E-state index contributed by atoms with van der Waals surface area (Å²) in [5.41, 5.74) is 7.14. The van der Waals surface area contributed by atoms with E-state index in [1.54, 1.807) is 0 Å². The zero-order valence-electron chi connectivity index (χ0n) is 8.72. The Labute approximate surface area is 94.8 Å². The zero-order chi connectivity index (χ0) is 11.0. The molecule has 0 saturated carbocycles. The van der Waals surface area contributed by atoms with Gasteiger partial charge in [-0.2, -0.15) is 0 Å². The summed E-state index contributed by atoms with van der Waals surface area (Å²) in [6, 6.07) is 18.0. The number of anilines is 2. The van der Waals surface area contributed by atoms with Crippen LogP contribution < -0.4 is 10.4 Å². The molecule has 0 atom stereocenters. The van der Waals surface area contributed by atoms with E-state index in [0.29, 0.717) is 0 Å². The number of benzene rings is 2. The molecule has 0 bridgehead atoms. The highest BCUT2D eigenvalue weighted by atomic mass is 15.5. The van der Waals surface area contributed by atoms with Crippen LogP contribution in [0.25, 0.3) is 5.70 Å². The predicted molar refractivity (Wildman–Crippen MR) is 66.7 cm³/mol. The maximum Gasteiger partial charge on any atom is 0.289 e. The normalized spacial score (nSPS) is 13.4. The summed E-state index contributed by atoms with van der Waals surface area (Å²) in [6.45, 7) is 6.10. The Bertz CT molecular complexity index is 531. The van der Waals surface area contributed by atoms with Crippen molar-refractivity contribution in [2.24, 2.45) is 0 Å². The smallest absolute Gasteiger partial charge is 0.271 e. The summed E-state index contributed by atoms with van der Waals surface area (Å²) in [5.74, 6) is 0. The molecule has 0 radical (unpaired) electrons. The summed E-state index contributed by atoms with van der Waals surface area (Å²) in [5, 5.41) is 1.89. The first kappa shape index (κ1) is 8.96. The van der Waals surface area contributed by atoms with E-state index in [1.165, 1.54) is 0 Å². The van der Waals surface area contributed by atoms with Crippen LogP contribution in [0, 0.1) is 6.58 Å². The Kier molecular flexibility index (Phi) is 1.89.